The van der Waals surface area contributed by atoms with Crippen molar-refractivity contribution in [3.05, 3.63) is 75.8 Å². The second-order valence-electron chi connectivity index (χ2n) is 13.0. The zero-order chi connectivity index (χ0) is 40.0. The number of amides is 2. The highest BCUT2D eigenvalue weighted by atomic mass is 35.5. The highest BCUT2D eigenvalue weighted by molar-refractivity contribution is 7.98. The average Bonchev–Trinajstić information content (AvgIpc) is 3.63. The summed E-state index contributed by atoms with van der Waals surface area (Å²) in [6, 6.07) is 18.0. The molecule has 16 heteroatoms. The van der Waals surface area contributed by atoms with E-state index >= 15 is 0 Å². The van der Waals surface area contributed by atoms with Gasteiger partial charge >= 0.3 is 12.1 Å². The molecule has 0 saturated carbocycles. The van der Waals surface area contributed by atoms with E-state index in [1.807, 2.05) is 36.6 Å². The molecule has 0 unspecified atom stereocenters. The summed E-state index contributed by atoms with van der Waals surface area (Å²) < 4.78 is 16.1. The van der Waals surface area contributed by atoms with Crippen LogP contribution in [0.1, 0.15) is 64.3 Å². The lowest BCUT2D eigenvalue weighted by molar-refractivity contribution is -0.148. The standard InChI is InChI=1S/C39H42ClN7O6S2/c1-6-16-43-34-30(20-41)33(31(21-42)36(47-34)55-23-28-22-54-35(46-28)26-7-11-27(40)12-8-26)25-9-13-29(14-10-25)51-18-19-52-37(49)24(2)45-32(48)15-17-44-38(50)53-39(3,4)5/h7-14,22,24H,6,15-19,23H2,1-5H3,(H,43,47)(H,44,50)(H,45,48)/t24-/m0/s1. The number of anilines is 1. The quantitative estimate of drug-likeness (QED) is 0.0536. The van der Waals surface area contributed by atoms with Crippen molar-refractivity contribution in [3.8, 4) is 39.6 Å². The Labute approximate surface area is 333 Å². The van der Waals surface area contributed by atoms with Gasteiger partial charge in [-0.3, -0.25) is 4.79 Å². The summed E-state index contributed by atoms with van der Waals surface area (Å²) in [6.07, 6.45) is 0.127. The van der Waals surface area contributed by atoms with Gasteiger partial charge < -0.3 is 30.2 Å². The van der Waals surface area contributed by atoms with Crippen molar-refractivity contribution in [1.82, 2.24) is 20.6 Å². The van der Waals surface area contributed by atoms with Gasteiger partial charge in [-0.2, -0.15) is 10.5 Å². The fourth-order valence-electron chi connectivity index (χ4n) is 4.89. The van der Waals surface area contributed by atoms with E-state index in [9.17, 15) is 24.9 Å². The van der Waals surface area contributed by atoms with Gasteiger partial charge in [0.2, 0.25) is 5.91 Å². The van der Waals surface area contributed by atoms with Gasteiger partial charge in [-0.05, 0) is 63.9 Å². The Kier molecular flexibility index (Phi) is 15.7. The zero-order valence-corrected chi connectivity index (χ0v) is 33.5. The summed E-state index contributed by atoms with van der Waals surface area (Å²) in [7, 11) is 0. The van der Waals surface area contributed by atoms with Gasteiger partial charge in [-0.15, -0.1) is 11.3 Å². The molecule has 3 N–H and O–H groups in total. The van der Waals surface area contributed by atoms with Gasteiger partial charge in [-0.1, -0.05) is 54.6 Å². The van der Waals surface area contributed by atoms with Crippen molar-refractivity contribution in [2.45, 2.75) is 69.9 Å². The molecule has 13 nitrogen and oxygen atoms in total. The first-order valence-corrected chi connectivity index (χ1v) is 19.7. The molecule has 4 aromatic rings. The molecule has 2 amide bonds. The predicted molar refractivity (Wildman–Crippen MR) is 213 cm³/mol. The van der Waals surface area contributed by atoms with E-state index in [2.05, 4.69) is 28.1 Å². The number of nitrogens with zero attached hydrogens (tertiary/aromatic N) is 4. The van der Waals surface area contributed by atoms with E-state index in [1.165, 1.54) is 30.0 Å². The molecule has 0 fully saturated rings. The minimum Gasteiger partial charge on any atom is -0.490 e. The maximum atomic E-state index is 12.4. The number of nitrogens with one attached hydrogen (secondary N) is 3. The van der Waals surface area contributed by atoms with Crippen LogP contribution in [-0.2, 0) is 24.8 Å². The lowest BCUT2D eigenvalue weighted by Crippen LogP contribution is -2.41. The number of nitriles is 2. The first kappa shape index (κ1) is 42.4. The molecule has 0 aliphatic heterocycles. The predicted octanol–water partition coefficient (Wildman–Crippen LogP) is 7.72. The first-order chi connectivity index (χ1) is 26.3. The van der Waals surface area contributed by atoms with Gasteiger partial charge in [0.1, 0.15) is 64.2 Å². The van der Waals surface area contributed by atoms with E-state index in [0.29, 0.717) is 45.0 Å². The molecule has 0 bridgehead atoms. The van der Waals surface area contributed by atoms with E-state index in [0.717, 1.165) is 22.7 Å². The monoisotopic (exact) mass is 803 g/mol. The number of ether oxygens (including phenoxy) is 3. The third-order valence-corrected chi connectivity index (χ3v) is 9.62. The first-order valence-electron chi connectivity index (χ1n) is 17.4. The summed E-state index contributed by atoms with van der Waals surface area (Å²) in [6.45, 7) is 9.30. The van der Waals surface area contributed by atoms with Crippen molar-refractivity contribution in [3.63, 3.8) is 0 Å². The van der Waals surface area contributed by atoms with Gasteiger partial charge in [0.05, 0.1) is 11.3 Å². The number of halogens is 1. The molecule has 0 aliphatic carbocycles. The van der Waals surface area contributed by atoms with Gasteiger partial charge in [-0.25, -0.2) is 19.6 Å². The second-order valence-corrected chi connectivity index (χ2v) is 15.2. The molecule has 0 saturated heterocycles. The number of carbonyl (C=O) groups excluding carboxylic acids is 3. The number of aromatic nitrogens is 2. The number of pyridine rings is 1. The smallest absolute Gasteiger partial charge is 0.407 e. The van der Waals surface area contributed by atoms with Crippen LogP contribution >= 0.6 is 34.7 Å². The van der Waals surface area contributed by atoms with E-state index in [-0.39, 0.29) is 37.3 Å². The fourth-order valence-corrected chi connectivity index (χ4v) is 6.83. The number of esters is 1. The lowest BCUT2D eigenvalue weighted by atomic mass is 9.96. The van der Waals surface area contributed by atoms with Gasteiger partial charge in [0, 0.05) is 46.8 Å². The summed E-state index contributed by atoms with van der Waals surface area (Å²) >= 11 is 8.93. The Hall–Kier alpha value is -5.35. The van der Waals surface area contributed by atoms with Crippen molar-refractivity contribution in [2.75, 3.05) is 31.6 Å². The van der Waals surface area contributed by atoms with Crippen molar-refractivity contribution < 1.29 is 28.6 Å². The highest BCUT2D eigenvalue weighted by Gasteiger charge is 2.23. The number of rotatable bonds is 17. The molecule has 288 valence electrons. The minimum atomic E-state index is -0.912. The average molecular weight is 804 g/mol. The maximum absolute atomic E-state index is 12.4. The Morgan fingerprint density at radius 3 is 2.31 bits per heavy atom. The van der Waals surface area contributed by atoms with Crippen molar-refractivity contribution in [1.29, 1.82) is 10.5 Å². The molecule has 0 spiro atoms. The Morgan fingerprint density at radius 2 is 1.65 bits per heavy atom. The van der Waals surface area contributed by atoms with Crippen molar-refractivity contribution in [2.24, 2.45) is 0 Å². The third kappa shape index (κ3) is 12.9. The summed E-state index contributed by atoms with van der Waals surface area (Å²) in [5.41, 5.74) is 2.75. The molecule has 55 heavy (non-hydrogen) atoms. The molecular formula is C39H42ClN7O6S2. The number of hydrogen-bond donors (Lipinski definition) is 3. The van der Waals surface area contributed by atoms with Crippen LogP contribution in [0.15, 0.2) is 58.9 Å². The summed E-state index contributed by atoms with van der Waals surface area (Å²) in [4.78, 5) is 45.8. The minimum absolute atomic E-state index is 0.0376. The number of hydrogen-bond acceptors (Lipinski definition) is 13. The maximum Gasteiger partial charge on any atom is 0.407 e. The molecule has 0 aliphatic rings. The van der Waals surface area contributed by atoms with Crippen LogP contribution in [0.4, 0.5) is 10.6 Å². The molecule has 0 radical (unpaired) electrons. The SMILES string of the molecule is CCCNc1nc(SCc2csc(-c3ccc(Cl)cc3)n2)c(C#N)c(-c2ccc(OCCOC(=O)[C@H](C)NC(=O)CCNC(=O)OC(C)(C)C)cc2)c1C#N. The Bertz CT molecular complexity index is 2040. The normalized spacial score (nSPS) is 11.4. The Balaban J connectivity index is 1.37. The van der Waals surface area contributed by atoms with Crippen LogP contribution in [0, 0.1) is 22.7 Å². The third-order valence-electron chi connectivity index (χ3n) is 7.42. The van der Waals surface area contributed by atoms with Crippen LogP contribution in [0.3, 0.4) is 0 Å². The number of thioether (sulfide) groups is 1. The van der Waals surface area contributed by atoms with E-state index < -0.39 is 29.6 Å². The van der Waals surface area contributed by atoms with Crippen LogP contribution in [0.2, 0.25) is 5.02 Å². The van der Waals surface area contributed by atoms with E-state index in [1.54, 1.807) is 45.0 Å². The second kappa shape index (κ2) is 20.4. The molecule has 2 aromatic carbocycles. The molecule has 4 rings (SSSR count). The van der Waals surface area contributed by atoms with Crippen LogP contribution < -0.4 is 20.7 Å². The molecule has 2 aromatic heterocycles. The molecular weight excluding hydrogens is 762 g/mol. The van der Waals surface area contributed by atoms with Crippen LogP contribution in [0.25, 0.3) is 21.7 Å². The lowest BCUT2D eigenvalue weighted by Gasteiger charge is -2.19. The molecule has 1 atom stereocenters. The Morgan fingerprint density at radius 1 is 0.964 bits per heavy atom. The topological polar surface area (TPSA) is 188 Å². The number of alkyl carbamates (subject to hydrolysis) is 1. The van der Waals surface area contributed by atoms with Gasteiger partial charge in [0.25, 0.3) is 0 Å². The van der Waals surface area contributed by atoms with E-state index in [4.69, 9.17) is 35.8 Å². The number of benzene rings is 2. The van der Waals surface area contributed by atoms with Gasteiger partial charge in [0.15, 0.2) is 0 Å². The number of carbonyl (C=O) groups is 3. The van der Waals surface area contributed by atoms with Crippen LogP contribution in [-0.4, -0.2) is 65.9 Å². The zero-order valence-electron chi connectivity index (χ0n) is 31.2. The van der Waals surface area contributed by atoms with Crippen molar-refractivity contribution >= 4 is 58.5 Å². The largest absolute Gasteiger partial charge is 0.490 e. The molecule has 2 heterocycles. The fraction of sp³-hybridized carbons (Fsp3) is 0.359. The van der Waals surface area contributed by atoms with Crippen LogP contribution in [0.5, 0.6) is 5.75 Å². The highest BCUT2D eigenvalue weighted by Crippen LogP contribution is 2.38. The number of thiazole rings is 1. The summed E-state index contributed by atoms with van der Waals surface area (Å²) in [5, 5.41) is 32.9. The summed E-state index contributed by atoms with van der Waals surface area (Å²) in [5.74, 6) is 0.248.